The number of amides is 1. The Balaban J connectivity index is 1.32. The van der Waals surface area contributed by atoms with E-state index in [0.717, 1.165) is 36.1 Å². The summed E-state index contributed by atoms with van der Waals surface area (Å²) in [7, 11) is 0. The zero-order valence-corrected chi connectivity index (χ0v) is 18.6. The van der Waals surface area contributed by atoms with Gasteiger partial charge in [0.05, 0.1) is 24.3 Å². The molecule has 1 aromatic carbocycles. The highest BCUT2D eigenvalue weighted by Gasteiger charge is 2.26. The van der Waals surface area contributed by atoms with Crippen LogP contribution < -0.4 is 5.32 Å². The van der Waals surface area contributed by atoms with Crippen molar-refractivity contribution in [2.75, 3.05) is 0 Å². The molecule has 0 saturated carbocycles. The Morgan fingerprint density at radius 2 is 1.94 bits per heavy atom. The molecule has 8 heteroatoms. The fourth-order valence-corrected chi connectivity index (χ4v) is 4.31. The van der Waals surface area contributed by atoms with Crippen LogP contribution in [0.1, 0.15) is 62.0 Å². The molecule has 0 spiro atoms. The Hall–Kier alpha value is -3.55. The third-order valence-corrected chi connectivity index (χ3v) is 6.05. The highest BCUT2D eigenvalue weighted by Crippen LogP contribution is 2.32. The largest absolute Gasteiger partial charge is 0.349 e. The van der Waals surface area contributed by atoms with Gasteiger partial charge in [0.15, 0.2) is 0 Å². The number of rotatable bonds is 4. The van der Waals surface area contributed by atoms with Crippen LogP contribution in [0.15, 0.2) is 49.2 Å². The number of hydrogen-bond acceptors (Lipinski definition) is 5. The van der Waals surface area contributed by atoms with Crippen LogP contribution in [0.3, 0.4) is 0 Å². The Kier molecular flexibility index (Phi) is 5.00. The van der Waals surface area contributed by atoms with Gasteiger partial charge in [-0.2, -0.15) is 15.2 Å². The van der Waals surface area contributed by atoms with Gasteiger partial charge in [0, 0.05) is 23.7 Å². The van der Waals surface area contributed by atoms with E-state index in [1.165, 1.54) is 17.6 Å². The van der Waals surface area contributed by atoms with Crippen molar-refractivity contribution in [1.82, 2.24) is 34.7 Å². The first-order valence-corrected chi connectivity index (χ1v) is 11.0. The third-order valence-electron chi connectivity index (χ3n) is 6.05. The van der Waals surface area contributed by atoms with E-state index in [9.17, 15) is 4.79 Å². The molecule has 0 bridgehead atoms. The summed E-state index contributed by atoms with van der Waals surface area (Å²) in [5, 5.41) is 11.9. The predicted octanol–water partition coefficient (Wildman–Crippen LogP) is 3.34. The smallest absolute Gasteiger partial charge is 0.252 e. The number of aromatic nitrogens is 6. The third kappa shape index (κ3) is 3.88. The van der Waals surface area contributed by atoms with Crippen molar-refractivity contribution in [3.8, 4) is 5.69 Å². The maximum atomic E-state index is 12.8. The molecule has 164 valence electrons. The van der Waals surface area contributed by atoms with Gasteiger partial charge < -0.3 is 5.32 Å². The fourth-order valence-electron chi connectivity index (χ4n) is 4.31. The molecule has 8 nitrogen and oxygen atoms in total. The molecule has 0 saturated heterocycles. The molecule has 1 aliphatic carbocycles. The van der Waals surface area contributed by atoms with Crippen LogP contribution in [0.4, 0.5) is 0 Å². The second kappa shape index (κ2) is 7.85. The topological polar surface area (TPSA) is 90.0 Å². The van der Waals surface area contributed by atoms with Gasteiger partial charge in [-0.25, -0.2) is 14.2 Å². The molecule has 1 atom stereocenters. The molecule has 0 radical (unpaired) electrons. The normalized spacial score (nSPS) is 16.2. The monoisotopic (exact) mass is 429 g/mol. The van der Waals surface area contributed by atoms with E-state index in [4.69, 9.17) is 0 Å². The van der Waals surface area contributed by atoms with Gasteiger partial charge in [0.2, 0.25) is 5.91 Å². The van der Waals surface area contributed by atoms with Gasteiger partial charge in [0.25, 0.3) is 5.78 Å². The van der Waals surface area contributed by atoms with Crippen molar-refractivity contribution in [3.05, 3.63) is 71.6 Å². The van der Waals surface area contributed by atoms with Crippen LogP contribution in [0.5, 0.6) is 0 Å². The molecule has 4 aromatic rings. The van der Waals surface area contributed by atoms with E-state index in [-0.39, 0.29) is 23.8 Å². The minimum absolute atomic E-state index is 0.0306. The molecule has 5 rings (SSSR count). The Morgan fingerprint density at radius 3 is 2.72 bits per heavy atom. The van der Waals surface area contributed by atoms with Crippen molar-refractivity contribution < 1.29 is 4.79 Å². The summed E-state index contributed by atoms with van der Waals surface area (Å²) >= 11 is 0. The van der Waals surface area contributed by atoms with Crippen molar-refractivity contribution in [3.63, 3.8) is 0 Å². The van der Waals surface area contributed by atoms with E-state index >= 15 is 0 Å². The number of hydrogen-bond donors (Lipinski definition) is 1. The summed E-state index contributed by atoms with van der Waals surface area (Å²) in [6, 6.07) is 8.57. The lowest BCUT2D eigenvalue weighted by Crippen LogP contribution is -2.32. The zero-order valence-electron chi connectivity index (χ0n) is 18.6. The highest BCUT2D eigenvalue weighted by atomic mass is 16.1. The Bertz CT molecular complexity index is 1260. The first-order valence-electron chi connectivity index (χ1n) is 11.0. The first-order chi connectivity index (χ1) is 15.4. The summed E-state index contributed by atoms with van der Waals surface area (Å²) < 4.78 is 3.60. The maximum Gasteiger partial charge on any atom is 0.252 e. The standard InChI is InChI=1S/C24H27N7O/c1-24(2,3)17-7-9-18(10-8-17)31-21-6-4-5-20(19(21)13-27-31)29-22(32)11-16-12-25-23-26-15-28-30(23)14-16/h7-10,12-15,20H,4-6,11H2,1-3H3,(H,29,32)/t20-/m0/s1. The van der Waals surface area contributed by atoms with E-state index in [1.54, 1.807) is 16.9 Å². The lowest BCUT2D eigenvalue weighted by molar-refractivity contribution is -0.121. The number of benzene rings is 1. The second-order valence-corrected chi connectivity index (χ2v) is 9.41. The maximum absolute atomic E-state index is 12.8. The van der Waals surface area contributed by atoms with Crippen molar-refractivity contribution >= 4 is 11.7 Å². The van der Waals surface area contributed by atoms with Gasteiger partial charge in [-0.05, 0) is 47.9 Å². The summed E-state index contributed by atoms with van der Waals surface area (Å²) in [6.07, 6.45) is 9.94. The number of carbonyl (C=O) groups is 1. The van der Waals surface area contributed by atoms with Crippen LogP contribution in [0.2, 0.25) is 0 Å². The minimum atomic E-state index is -0.0357. The molecule has 3 heterocycles. The van der Waals surface area contributed by atoms with Crippen molar-refractivity contribution in [1.29, 1.82) is 0 Å². The summed E-state index contributed by atoms with van der Waals surface area (Å²) in [4.78, 5) is 21.0. The van der Waals surface area contributed by atoms with Gasteiger partial charge in [-0.3, -0.25) is 4.79 Å². The summed E-state index contributed by atoms with van der Waals surface area (Å²) in [5.74, 6) is 0.487. The second-order valence-electron chi connectivity index (χ2n) is 9.41. The molecular formula is C24H27N7O. The lowest BCUT2D eigenvalue weighted by Gasteiger charge is -2.24. The van der Waals surface area contributed by atoms with Crippen molar-refractivity contribution in [2.24, 2.45) is 0 Å². The average molecular weight is 430 g/mol. The number of fused-ring (bicyclic) bond motifs is 2. The number of nitrogens with one attached hydrogen (secondary N) is 1. The lowest BCUT2D eigenvalue weighted by atomic mass is 9.87. The SMILES string of the molecule is CC(C)(C)c1ccc(-n2ncc3c2CCC[C@@H]3NC(=O)Cc2cnc3ncnn3c2)cc1. The van der Waals surface area contributed by atoms with Crippen LogP contribution in [-0.2, 0) is 23.1 Å². The Morgan fingerprint density at radius 1 is 1.12 bits per heavy atom. The molecular weight excluding hydrogens is 402 g/mol. The van der Waals surface area contributed by atoms with Gasteiger partial charge >= 0.3 is 0 Å². The quantitative estimate of drug-likeness (QED) is 0.537. The van der Waals surface area contributed by atoms with Gasteiger partial charge in [0.1, 0.15) is 6.33 Å². The minimum Gasteiger partial charge on any atom is -0.349 e. The van der Waals surface area contributed by atoms with E-state index in [2.05, 4.69) is 70.5 Å². The molecule has 0 fully saturated rings. The molecule has 0 aliphatic heterocycles. The average Bonchev–Trinajstić information content (AvgIpc) is 3.40. The molecule has 1 N–H and O–H groups in total. The zero-order chi connectivity index (χ0) is 22.3. The van der Waals surface area contributed by atoms with E-state index in [1.807, 2.05) is 10.9 Å². The summed E-state index contributed by atoms with van der Waals surface area (Å²) in [5.41, 5.74) is 5.55. The molecule has 0 unspecified atom stereocenters. The Labute approximate surface area is 186 Å². The number of nitrogens with zero attached hydrogens (tertiary/aromatic N) is 6. The van der Waals surface area contributed by atoms with E-state index in [0.29, 0.717) is 5.78 Å². The van der Waals surface area contributed by atoms with Gasteiger partial charge in [-0.15, -0.1) is 0 Å². The van der Waals surface area contributed by atoms with Gasteiger partial charge in [-0.1, -0.05) is 32.9 Å². The van der Waals surface area contributed by atoms with Crippen LogP contribution >= 0.6 is 0 Å². The summed E-state index contributed by atoms with van der Waals surface area (Å²) in [6.45, 7) is 6.64. The molecule has 1 amide bonds. The van der Waals surface area contributed by atoms with Crippen LogP contribution in [0, 0.1) is 0 Å². The number of carbonyl (C=O) groups excluding carboxylic acids is 1. The molecule has 3 aromatic heterocycles. The molecule has 32 heavy (non-hydrogen) atoms. The molecule has 1 aliphatic rings. The van der Waals surface area contributed by atoms with E-state index < -0.39 is 0 Å². The first kappa shape index (κ1) is 20.4. The highest BCUT2D eigenvalue weighted by molar-refractivity contribution is 5.79. The van der Waals surface area contributed by atoms with Crippen LogP contribution in [0.25, 0.3) is 11.5 Å². The van der Waals surface area contributed by atoms with Crippen molar-refractivity contribution in [2.45, 2.75) is 57.9 Å². The predicted molar refractivity (Wildman–Crippen MR) is 121 cm³/mol. The van der Waals surface area contributed by atoms with Crippen LogP contribution in [-0.4, -0.2) is 35.3 Å². The fraction of sp³-hybridized carbons (Fsp3) is 0.375.